The molecule has 11 heavy (non-hydrogen) atoms. The minimum Gasteiger partial charge on any atom is -1.00 e. The summed E-state index contributed by atoms with van der Waals surface area (Å²) >= 11 is 0. The van der Waals surface area contributed by atoms with E-state index in [4.69, 9.17) is 0 Å². The third kappa shape index (κ3) is 4.24. The molecule has 0 aliphatic carbocycles. The second-order valence-corrected chi connectivity index (χ2v) is 2.75. The summed E-state index contributed by atoms with van der Waals surface area (Å²) in [6.45, 7) is 4.54. The Morgan fingerprint density at radius 1 is 1.36 bits per heavy atom. The van der Waals surface area contributed by atoms with Gasteiger partial charge in [-0.25, -0.2) is 0 Å². The molecule has 1 heterocycles. The Kier molecular flexibility index (Phi) is 7.91. The SMILES string of the molecule is CC[N+]1(C)C=CC=CC1.P.[I-]. The van der Waals surface area contributed by atoms with Crippen LogP contribution in [0, 0.1) is 0 Å². The number of hydrogen-bond acceptors (Lipinski definition) is 0. The first-order chi connectivity index (χ1) is 4.27. The molecular formula is C8H17INP. The van der Waals surface area contributed by atoms with Crippen LogP contribution in [-0.2, 0) is 0 Å². The smallest absolute Gasteiger partial charge is 0.102 e. The lowest BCUT2D eigenvalue weighted by molar-refractivity contribution is -0.852. The van der Waals surface area contributed by atoms with Crippen molar-refractivity contribution in [1.82, 2.24) is 0 Å². The highest BCUT2D eigenvalue weighted by atomic mass is 127. The molecular weight excluding hydrogens is 268 g/mol. The number of quaternary nitrogens is 1. The van der Waals surface area contributed by atoms with Gasteiger partial charge in [0, 0.05) is 0 Å². The zero-order chi connectivity index (χ0) is 6.74. The van der Waals surface area contributed by atoms with Crippen LogP contribution in [0.3, 0.4) is 0 Å². The van der Waals surface area contributed by atoms with Gasteiger partial charge in [0.2, 0.25) is 0 Å². The Bertz CT molecular complexity index is 156. The summed E-state index contributed by atoms with van der Waals surface area (Å²) in [6, 6.07) is 0. The summed E-state index contributed by atoms with van der Waals surface area (Å²) in [5, 5.41) is 0. The number of allylic oxidation sites excluding steroid dienone is 2. The van der Waals surface area contributed by atoms with Crippen LogP contribution < -0.4 is 24.0 Å². The highest BCUT2D eigenvalue weighted by molar-refractivity contribution is 6.92. The second-order valence-electron chi connectivity index (χ2n) is 2.75. The van der Waals surface area contributed by atoms with E-state index in [1.54, 1.807) is 0 Å². The Morgan fingerprint density at radius 3 is 2.27 bits per heavy atom. The van der Waals surface area contributed by atoms with Crippen molar-refractivity contribution in [2.75, 3.05) is 20.1 Å². The summed E-state index contributed by atoms with van der Waals surface area (Å²) in [6.07, 6.45) is 8.67. The number of nitrogens with zero attached hydrogens (tertiary/aromatic N) is 1. The third-order valence-corrected chi connectivity index (χ3v) is 1.94. The molecule has 0 bridgehead atoms. The fourth-order valence-corrected chi connectivity index (χ4v) is 0.933. The van der Waals surface area contributed by atoms with E-state index in [2.05, 4.69) is 38.4 Å². The molecule has 1 rings (SSSR count). The lowest BCUT2D eigenvalue weighted by atomic mass is 10.3. The van der Waals surface area contributed by atoms with Crippen molar-refractivity contribution in [3.63, 3.8) is 0 Å². The molecule has 0 aromatic heterocycles. The Morgan fingerprint density at radius 2 is 2.00 bits per heavy atom. The summed E-state index contributed by atoms with van der Waals surface area (Å²) in [5.41, 5.74) is 0. The Labute approximate surface area is 89.8 Å². The Balaban J connectivity index is 0. The first-order valence-corrected chi connectivity index (χ1v) is 3.45. The molecule has 3 heteroatoms. The van der Waals surface area contributed by atoms with Gasteiger partial charge >= 0.3 is 0 Å². The quantitative estimate of drug-likeness (QED) is 0.316. The zero-order valence-electron chi connectivity index (χ0n) is 7.26. The van der Waals surface area contributed by atoms with Gasteiger partial charge in [0.25, 0.3) is 0 Å². The van der Waals surface area contributed by atoms with Gasteiger partial charge < -0.3 is 24.0 Å². The maximum atomic E-state index is 2.24. The zero-order valence-corrected chi connectivity index (χ0v) is 10.8. The van der Waals surface area contributed by atoms with Crippen molar-refractivity contribution >= 4 is 9.90 Å². The number of hydrogen-bond donors (Lipinski definition) is 0. The van der Waals surface area contributed by atoms with E-state index in [1.807, 2.05) is 0 Å². The van der Waals surface area contributed by atoms with Crippen LogP contribution in [0.15, 0.2) is 24.4 Å². The molecule has 66 valence electrons. The summed E-state index contributed by atoms with van der Waals surface area (Å²) in [4.78, 5) is 0. The minimum atomic E-state index is 0. The molecule has 0 spiro atoms. The van der Waals surface area contributed by atoms with Crippen molar-refractivity contribution in [2.45, 2.75) is 6.92 Å². The predicted octanol–water partition coefficient (Wildman–Crippen LogP) is -1.40. The molecule has 0 aromatic carbocycles. The van der Waals surface area contributed by atoms with Gasteiger partial charge in [0.05, 0.1) is 19.8 Å². The van der Waals surface area contributed by atoms with Crippen molar-refractivity contribution in [1.29, 1.82) is 0 Å². The van der Waals surface area contributed by atoms with E-state index < -0.39 is 0 Å². The Hall–Kier alpha value is 0.600. The third-order valence-electron chi connectivity index (χ3n) is 1.94. The lowest BCUT2D eigenvalue weighted by Crippen LogP contribution is -3.00. The van der Waals surface area contributed by atoms with Gasteiger partial charge in [-0.1, -0.05) is 6.08 Å². The van der Waals surface area contributed by atoms with Crippen LogP contribution in [0.4, 0.5) is 0 Å². The maximum Gasteiger partial charge on any atom is 0.102 e. The van der Waals surface area contributed by atoms with E-state index in [1.165, 1.54) is 6.54 Å². The summed E-state index contributed by atoms with van der Waals surface area (Å²) in [5.74, 6) is 0. The average Bonchev–Trinajstić information content (AvgIpc) is 1.90. The predicted molar refractivity (Wildman–Crippen MR) is 51.0 cm³/mol. The molecule has 0 N–H and O–H groups in total. The van der Waals surface area contributed by atoms with E-state index in [-0.39, 0.29) is 33.9 Å². The van der Waals surface area contributed by atoms with Crippen molar-refractivity contribution in [2.24, 2.45) is 0 Å². The van der Waals surface area contributed by atoms with Gasteiger partial charge in [0.15, 0.2) is 0 Å². The fraction of sp³-hybridized carbons (Fsp3) is 0.500. The van der Waals surface area contributed by atoms with Crippen molar-refractivity contribution in [3.05, 3.63) is 24.4 Å². The van der Waals surface area contributed by atoms with E-state index in [0.717, 1.165) is 11.0 Å². The molecule has 0 amide bonds. The lowest BCUT2D eigenvalue weighted by Gasteiger charge is -2.28. The van der Waals surface area contributed by atoms with Gasteiger partial charge in [0.1, 0.15) is 6.54 Å². The monoisotopic (exact) mass is 285 g/mol. The van der Waals surface area contributed by atoms with Crippen LogP contribution in [0.2, 0.25) is 0 Å². The van der Waals surface area contributed by atoms with Crippen molar-refractivity contribution in [3.8, 4) is 0 Å². The van der Waals surface area contributed by atoms with Crippen LogP contribution in [-0.4, -0.2) is 24.6 Å². The first-order valence-electron chi connectivity index (χ1n) is 3.45. The van der Waals surface area contributed by atoms with E-state index in [0.29, 0.717) is 0 Å². The van der Waals surface area contributed by atoms with E-state index in [9.17, 15) is 0 Å². The molecule has 1 aliphatic heterocycles. The van der Waals surface area contributed by atoms with Crippen LogP contribution >= 0.6 is 9.90 Å². The van der Waals surface area contributed by atoms with Gasteiger partial charge in [-0.3, -0.25) is 4.48 Å². The maximum absolute atomic E-state index is 2.24. The van der Waals surface area contributed by atoms with Gasteiger partial charge in [-0.2, -0.15) is 9.90 Å². The number of likely N-dealkylation sites (N-methyl/N-ethyl adjacent to an activating group) is 1. The largest absolute Gasteiger partial charge is 1.00 e. The first kappa shape index (κ1) is 14.1. The highest BCUT2D eigenvalue weighted by Gasteiger charge is 2.13. The topological polar surface area (TPSA) is 0 Å². The van der Waals surface area contributed by atoms with E-state index >= 15 is 0 Å². The summed E-state index contributed by atoms with van der Waals surface area (Å²) in [7, 11) is 2.24. The molecule has 1 nitrogen and oxygen atoms in total. The second kappa shape index (κ2) is 6.15. The molecule has 0 aromatic rings. The molecule has 0 radical (unpaired) electrons. The van der Waals surface area contributed by atoms with Crippen molar-refractivity contribution < 1.29 is 28.5 Å². The molecule has 0 fully saturated rings. The minimum absolute atomic E-state index is 0. The highest BCUT2D eigenvalue weighted by Crippen LogP contribution is 2.07. The molecule has 2 unspecified atom stereocenters. The number of rotatable bonds is 1. The fourth-order valence-electron chi connectivity index (χ4n) is 0.933. The van der Waals surface area contributed by atoms with Crippen LogP contribution in [0.5, 0.6) is 0 Å². The van der Waals surface area contributed by atoms with Gasteiger partial charge in [-0.15, -0.1) is 0 Å². The average molecular weight is 285 g/mol. The van der Waals surface area contributed by atoms with Gasteiger partial charge in [-0.05, 0) is 19.1 Å². The van der Waals surface area contributed by atoms with Crippen LogP contribution in [0.1, 0.15) is 6.92 Å². The normalized spacial score (nSPS) is 27.1. The summed E-state index contributed by atoms with van der Waals surface area (Å²) < 4.78 is 1.05. The number of halogens is 1. The standard InChI is InChI=1S/C8H14N.HI.H3P/c1-3-9(2)7-5-4-6-8-9;;/h4-7H,3,8H2,1-2H3;1H;1H3/q+1;;/p-1. The molecule has 0 saturated carbocycles. The molecule has 1 aliphatic rings. The van der Waals surface area contributed by atoms with Crippen LogP contribution in [0.25, 0.3) is 0 Å². The molecule has 0 saturated heterocycles. The molecule has 2 atom stereocenters.